The number of hydrogen-bond donors (Lipinski definition) is 1. The Labute approximate surface area is 97.8 Å². The van der Waals surface area contributed by atoms with Crippen molar-refractivity contribution in [1.29, 1.82) is 0 Å². The molecule has 0 radical (unpaired) electrons. The number of phenols is 1. The molecule has 0 saturated heterocycles. The summed E-state index contributed by atoms with van der Waals surface area (Å²) in [5.74, 6) is -0.0164. The van der Waals surface area contributed by atoms with Crippen molar-refractivity contribution >= 4 is 17.1 Å². The van der Waals surface area contributed by atoms with Crippen molar-refractivity contribution in [3.8, 4) is 5.75 Å². The monoisotopic (exact) mass is 235 g/mol. The van der Waals surface area contributed by atoms with Gasteiger partial charge in [0.15, 0.2) is 5.52 Å². The third-order valence-corrected chi connectivity index (χ3v) is 2.02. The number of carbonyl (C=O) groups excluding carboxylic acids is 1. The largest absolute Gasteiger partial charge is 0.506 e. The Morgan fingerprint density at radius 2 is 2.12 bits per heavy atom. The Kier molecular flexibility index (Phi) is 2.49. The Morgan fingerprint density at radius 3 is 2.76 bits per heavy atom. The molecule has 1 heterocycles. The highest BCUT2D eigenvalue weighted by molar-refractivity contribution is 5.88. The van der Waals surface area contributed by atoms with Crippen molar-refractivity contribution in [3.05, 3.63) is 18.2 Å². The van der Waals surface area contributed by atoms with Crippen LogP contribution in [0, 0.1) is 0 Å². The molecule has 0 unspecified atom stereocenters. The first-order valence-corrected chi connectivity index (χ1v) is 5.15. The molecule has 17 heavy (non-hydrogen) atoms. The molecule has 6 nitrogen and oxygen atoms in total. The van der Waals surface area contributed by atoms with Gasteiger partial charge in [-0.1, -0.05) is 11.3 Å². The third kappa shape index (κ3) is 2.20. The summed E-state index contributed by atoms with van der Waals surface area (Å²) >= 11 is 0. The number of benzene rings is 1. The van der Waals surface area contributed by atoms with Crippen molar-refractivity contribution in [3.63, 3.8) is 0 Å². The molecular weight excluding hydrogens is 222 g/mol. The highest BCUT2D eigenvalue weighted by Crippen LogP contribution is 2.21. The summed E-state index contributed by atoms with van der Waals surface area (Å²) in [6.07, 6.45) is -0.620. The molecule has 6 heteroatoms. The van der Waals surface area contributed by atoms with Crippen molar-refractivity contribution in [2.75, 3.05) is 0 Å². The fraction of sp³-hybridized carbons (Fsp3) is 0.364. The van der Waals surface area contributed by atoms with E-state index in [1.165, 1.54) is 6.07 Å². The number of ether oxygens (including phenoxy) is 1. The molecule has 0 spiro atoms. The Hall–Kier alpha value is -2.11. The van der Waals surface area contributed by atoms with Crippen LogP contribution in [0.2, 0.25) is 0 Å². The minimum Gasteiger partial charge on any atom is -0.506 e. The van der Waals surface area contributed by atoms with Crippen LogP contribution in [0.15, 0.2) is 18.2 Å². The van der Waals surface area contributed by atoms with Crippen LogP contribution in [0.5, 0.6) is 5.75 Å². The number of aromatic nitrogens is 3. The Bertz CT molecular complexity index is 569. The van der Waals surface area contributed by atoms with E-state index in [0.717, 1.165) is 4.68 Å². The quantitative estimate of drug-likeness (QED) is 0.754. The van der Waals surface area contributed by atoms with Gasteiger partial charge < -0.3 is 9.84 Å². The summed E-state index contributed by atoms with van der Waals surface area (Å²) in [5.41, 5.74) is 0.0873. The van der Waals surface area contributed by atoms with E-state index < -0.39 is 11.7 Å². The zero-order valence-electron chi connectivity index (χ0n) is 9.84. The molecular formula is C11H13N3O3. The second-order valence-electron chi connectivity index (χ2n) is 4.63. The van der Waals surface area contributed by atoms with E-state index in [-0.39, 0.29) is 11.3 Å². The lowest BCUT2D eigenvalue weighted by atomic mass is 10.2. The van der Waals surface area contributed by atoms with Crippen LogP contribution in [-0.2, 0) is 4.74 Å². The number of rotatable bonds is 0. The molecule has 0 saturated carbocycles. The molecule has 0 atom stereocenters. The fourth-order valence-electron chi connectivity index (χ4n) is 1.37. The molecule has 0 fully saturated rings. The van der Waals surface area contributed by atoms with Gasteiger partial charge >= 0.3 is 6.09 Å². The second-order valence-corrected chi connectivity index (χ2v) is 4.63. The SMILES string of the molecule is CC(C)(C)OC(=O)n1nnc2c(O)cccc21. The molecule has 90 valence electrons. The summed E-state index contributed by atoms with van der Waals surface area (Å²) < 4.78 is 6.20. The molecule has 2 rings (SSSR count). The maximum atomic E-state index is 11.8. The van der Waals surface area contributed by atoms with Gasteiger partial charge in [0, 0.05) is 0 Å². The standard InChI is InChI=1S/C11H13N3O3/c1-11(2,3)17-10(16)14-7-5-4-6-8(15)9(7)12-13-14/h4-6,15H,1-3H3. The zero-order valence-corrected chi connectivity index (χ0v) is 9.84. The Morgan fingerprint density at radius 1 is 1.41 bits per heavy atom. The average molecular weight is 235 g/mol. The van der Waals surface area contributed by atoms with Gasteiger partial charge in [-0.2, -0.15) is 0 Å². The van der Waals surface area contributed by atoms with Gasteiger partial charge in [-0.05, 0) is 32.9 Å². The van der Waals surface area contributed by atoms with Crippen LogP contribution in [0.25, 0.3) is 11.0 Å². The molecule has 0 aliphatic carbocycles. The van der Waals surface area contributed by atoms with Crippen LogP contribution in [0.3, 0.4) is 0 Å². The van der Waals surface area contributed by atoms with Crippen molar-refractivity contribution in [2.24, 2.45) is 0 Å². The minimum absolute atomic E-state index is 0.0164. The summed E-state index contributed by atoms with van der Waals surface area (Å²) in [5, 5.41) is 16.9. The lowest BCUT2D eigenvalue weighted by Gasteiger charge is -2.18. The highest BCUT2D eigenvalue weighted by atomic mass is 16.6. The number of phenolic OH excluding ortho intramolecular Hbond substituents is 1. The van der Waals surface area contributed by atoms with Gasteiger partial charge in [0.2, 0.25) is 0 Å². The van der Waals surface area contributed by atoms with Gasteiger partial charge in [0.25, 0.3) is 0 Å². The summed E-state index contributed by atoms with van der Waals surface area (Å²) in [4.78, 5) is 11.8. The molecule has 2 aromatic rings. The third-order valence-electron chi connectivity index (χ3n) is 2.02. The van der Waals surface area contributed by atoms with Crippen LogP contribution in [-0.4, -0.2) is 31.8 Å². The van der Waals surface area contributed by atoms with E-state index in [9.17, 15) is 9.90 Å². The lowest BCUT2D eigenvalue weighted by Crippen LogP contribution is -2.27. The van der Waals surface area contributed by atoms with Gasteiger partial charge in [0.1, 0.15) is 16.9 Å². The zero-order chi connectivity index (χ0) is 12.6. The normalized spacial score (nSPS) is 11.7. The van der Waals surface area contributed by atoms with Gasteiger partial charge in [-0.25, -0.2) is 4.79 Å². The summed E-state index contributed by atoms with van der Waals surface area (Å²) in [7, 11) is 0. The molecule has 1 N–H and O–H groups in total. The predicted octanol–water partition coefficient (Wildman–Crippen LogP) is 1.92. The van der Waals surface area contributed by atoms with Crippen LogP contribution >= 0.6 is 0 Å². The number of aromatic hydroxyl groups is 1. The fourth-order valence-corrected chi connectivity index (χ4v) is 1.37. The summed E-state index contributed by atoms with van der Waals surface area (Å²) in [6.45, 7) is 5.30. The van der Waals surface area contributed by atoms with E-state index in [1.807, 2.05) is 0 Å². The number of carbonyl (C=O) groups is 1. The molecule has 0 amide bonds. The van der Waals surface area contributed by atoms with Gasteiger partial charge in [0.05, 0.1) is 0 Å². The topological polar surface area (TPSA) is 77.2 Å². The van der Waals surface area contributed by atoms with Gasteiger partial charge in [-0.15, -0.1) is 9.78 Å². The first-order valence-electron chi connectivity index (χ1n) is 5.15. The van der Waals surface area contributed by atoms with E-state index in [0.29, 0.717) is 5.52 Å². The van der Waals surface area contributed by atoms with E-state index >= 15 is 0 Å². The predicted molar refractivity (Wildman–Crippen MR) is 60.8 cm³/mol. The lowest BCUT2D eigenvalue weighted by molar-refractivity contribution is 0.0519. The van der Waals surface area contributed by atoms with Crippen LogP contribution in [0.1, 0.15) is 20.8 Å². The van der Waals surface area contributed by atoms with Crippen LogP contribution in [0.4, 0.5) is 4.79 Å². The highest BCUT2D eigenvalue weighted by Gasteiger charge is 2.21. The smallest absolute Gasteiger partial charge is 0.437 e. The summed E-state index contributed by atoms with van der Waals surface area (Å²) in [6, 6.07) is 4.73. The minimum atomic E-state index is -0.620. The maximum Gasteiger partial charge on any atom is 0.437 e. The second kappa shape index (κ2) is 3.73. The van der Waals surface area contributed by atoms with E-state index in [1.54, 1.807) is 32.9 Å². The van der Waals surface area contributed by atoms with Crippen LogP contribution < -0.4 is 0 Å². The van der Waals surface area contributed by atoms with Gasteiger partial charge in [-0.3, -0.25) is 0 Å². The first kappa shape index (κ1) is 11.4. The molecule has 0 aliphatic heterocycles. The molecule has 0 aliphatic rings. The Balaban J connectivity index is 2.43. The first-order chi connectivity index (χ1) is 7.88. The van der Waals surface area contributed by atoms with E-state index in [2.05, 4.69) is 10.3 Å². The molecule has 0 bridgehead atoms. The van der Waals surface area contributed by atoms with Crippen molar-refractivity contribution in [2.45, 2.75) is 26.4 Å². The van der Waals surface area contributed by atoms with Crippen molar-refractivity contribution in [1.82, 2.24) is 15.0 Å². The molecule has 1 aromatic heterocycles. The number of hydrogen-bond acceptors (Lipinski definition) is 5. The van der Waals surface area contributed by atoms with E-state index in [4.69, 9.17) is 4.74 Å². The maximum absolute atomic E-state index is 11.8. The van der Waals surface area contributed by atoms with Crippen molar-refractivity contribution < 1.29 is 14.6 Å². The molecule has 1 aromatic carbocycles. The number of fused-ring (bicyclic) bond motifs is 1. The average Bonchev–Trinajstić information content (AvgIpc) is 2.60. The number of nitrogens with zero attached hydrogens (tertiary/aromatic N) is 3.